The van der Waals surface area contributed by atoms with Crippen molar-refractivity contribution in [2.75, 3.05) is 5.32 Å². The monoisotopic (exact) mass is 179 g/mol. The summed E-state index contributed by atoms with van der Waals surface area (Å²) in [5.41, 5.74) is 0. The predicted octanol–water partition coefficient (Wildman–Crippen LogP) is 1.54. The molecule has 0 unspecified atom stereocenters. The normalized spacial score (nSPS) is 17.5. The van der Waals surface area contributed by atoms with Crippen LogP contribution in [-0.2, 0) is 0 Å². The highest BCUT2D eigenvalue weighted by atomic mass is 16.3. The lowest BCUT2D eigenvalue weighted by molar-refractivity contribution is 0.469. The summed E-state index contributed by atoms with van der Waals surface area (Å²) in [6.07, 6.45) is 7.79. The zero-order valence-electron chi connectivity index (χ0n) is 7.40. The summed E-state index contributed by atoms with van der Waals surface area (Å²) in [6.45, 7) is 0. The van der Waals surface area contributed by atoms with Gasteiger partial charge in [-0.25, -0.2) is 9.97 Å². The van der Waals surface area contributed by atoms with Gasteiger partial charge in [0.25, 0.3) is 0 Å². The van der Waals surface area contributed by atoms with E-state index in [9.17, 15) is 0 Å². The van der Waals surface area contributed by atoms with Gasteiger partial charge in [-0.2, -0.15) is 0 Å². The van der Waals surface area contributed by atoms with Gasteiger partial charge in [0.15, 0.2) is 5.75 Å². The van der Waals surface area contributed by atoms with Crippen LogP contribution in [0.2, 0.25) is 0 Å². The van der Waals surface area contributed by atoms with E-state index in [-0.39, 0.29) is 5.75 Å². The minimum absolute atomic E-state index is 0.108. The first-order chi connectivity index (χ1) is 6.34. The van der Waals surface area contributed by atoms with Gasteiger partial charge in [0.05, 0.1) is 12.4 Å². The zero-order chi connectivity index (χ0) is 9.10. The van der Waals surface area contributed by atoms with E-state index in [2.05, 4.69) is 15.3 Å². The quantitative estimate of drug-likeness (QED) is 0.723. The summed E-state index contributed by atoms with van der Waals surface area (Å²) in [7, 11) is 0. The minimum atomic E-state index is 0.108. The first-order valence-electron chi connectivity index (χ1n) is 4.62. The molecule has 0 atom stereocenters. The van der Waals surface area contributed by atoms with Gasteiger partial charge in [-0.05, 0) is 12.8 Å². The van der Waals surface area contributed by atoms with Gasteiger partial charge in [-0.15, -0.1) is 0 Å². The highest BCUT2D eigenvalue weighted by Gasteiger charge is 2.15. The maximum absolute atomic E-state index is 8.96. The zero-order valence-corrected chi connectivity index (χ0v) is 7.40. The lowest BCUT2D eigenvalue weighted by atomic mass is 10.2. The Morgan fingerprint density at radius 2 is 1.85 bits per heavy atom. The fraction of sp³-hybridized carbons (Fsp3) is 0.556. The Morgan fingerprint density at radius 1 is 1.23 bits per heavy atom. The first kappa shape index (κ1) is 8.29. The summed E-state index contributed by atoms with van der Waals surface area (Å²) in [6, 6.07) is 0.518. The molecule has 0 radical (unpaired) electrons. The highest BCUT2D eigenvalue weighted by Crippen LogP contribution is 2.20. The van der Waals surface area contributed by atoms with Crippen LogP contribution in [0, 0.1) is 0 Å². The fourth-order valence-corrected chi connectivity index (χ4v) is 1.65. The molecular formula is C9H13N3O. The number of nitrogens with one attached hydrogen (secondary N) is 1. The molecule has 0 aromatic carbocycles. The number of aromatic nitrogens is 2. The fourth-order valence-electron chi connectivity index (χ4n) is 1.65. The van der Waals surface area contributed by atoms with Crippen LogP contribution >= 0.6 is 0 Å². The van der Waals surface area contributed by atoms with Gasteiger partial charge >= 0.3 is 0 Å². The number of aromatic hydroxyl groups is 1. The molecule has 1 aliphatic carbocycles. The number of nitrogens with zero attached hydrogens (tertiary/aromatic N) is 2. The Labute approximate surface area is 77.0 Å². The molecule has 4 heteroatoms. The predicted molar refractivity (Wildman–Crippen MR) is 49.6 cm³/mol. The maximum atomic E-state index is 8.96. The molecule has 13 heavy (non-hydrogen) atoms. The van der Waals surface area contributed by atoms with Gasteiger partial charge in [0, 0.05) is 6.04 Å². The molecule has 1 aromatic rings. The second kappa shape index (κ2) is 3.60. The lowest BCUT2D eigenvalue weighted by Crippen LogP contribution is -2.16. The van der Waals surface area contributed by atoms with Crippen molar-refractivity contribution >= 4 is 5.95 Å². The van der Waals surface area contributed by atoms with Crippen LogP contribution in [0.3, 0.4) is 0 Å². The summed E-state index contributed by atoms with van der Waals surface area (Å²) >= 11 is 0. The third kappa shape index (κ3) is 2.08. The van der Waals surface area contributed by atoms with Crippen LogP contribution in [0.15, 0.2) is 12.4 Å². The van der Waals surface area contributed by atoms with E-state index in [0.717, 1.165) is 0 Å². The van der Waals surface area contributed by atoms with Gasteiger partial charge in [0.2, 0.25) is 5.95 Å². The van der Waals surface area contributed by atoms with Crippen LogP contribution in [0.1, 0.15) is 25.7 Å². The largest absolute Gasteiger partial charge is 0.505 e. The third-order valence-corrected chi connectivity index (χ3v) is 2.33. The first-order valence-corrected chi connectivity index (χ1v) is 4.62. The van der Waals surface area contributed by atoms with Gasteiger partial charge < -0.3 is 10.4 Å². The Balaban J connectivity index is 1.97. The molecule has 4 nitrogen and oxygen atoms in total. The number of rotatable bonds is 2. The summed E-state index contributed by atoms with van der Waals surface area (Å²) in [4.78, 5) is 7.94. The van der Waals surface area contributed by atoms with Crippen LogP contribution in [0.4, 0.5) is 5.95 Å². The van der Waals surface area contributed by atoms with E-state index >= 15 is 0 Å². The van der Waals surface area contributed by atoms with Crippen molar-refractivity contribution in [1.82, 2.24) is 9.97 Å². The summed E-state index contributed by atoms with van der Waals surface area (Å²) in [5.74, 6) is 0.724. The molecule has 1 aromatic heterocycles. The molecule has 0 bridgehead atoms. The topological polar surface area (TPSA) is 58.0 Å². The third-order valence-electron chi connectivity index (χ3n) is 2.33. The number of hydrogen-bond acceptors (Lipinski definition) is 4. The van der Waals surface area contributed by atoms with Crippen molar-refractivity contribution in [3.63, 3.8) is 0 Å². The molecule has 1 saturated carbocycles. The van der Waals surface area contributed by atoms with Crippen molar-refractivity contribution in [2.45, 2.75) is 31.7 Å². The van der Waals surface area contributed by atoms with Crippen molar-refractivity contribution in [1.29, 1.82) is 0 Å². The molecule has 2 N–H and O–H groups in total. The van der Waals surface area contributed by atoms with E-state index in [1.165, 1.54) is 38.1 Å². The Morgan fingerprint density at radius 3 is 2.46 bits per heavy atom. The van der Waals surface area contributed by atoms with Crippen LogP contribution in [0.5, 0.6) is 5.75 Å². The van der Waals surface area contributed by atoms with E-state index in [0.29, 0.717) is 12.0 Å². The van der Waals surface area contributed by atoms with Crippen molar-refractivity contribution in [3.8, 4) is 5.75 Å². The van der Waals surface area contributed by atoms with Crippen LogP contribution < -0.4 is 5.32 Å². The van der Waals surface area contributed by atoms with E-state index in [4.69, 9.17) is 5.11 Å². The molecule has 0 spiro atoms. The Hall–Kier alpha value is -1.32. The average Bonchev–Trinajstić information content (AvgIpc) is 2.62. The molecule has 1 aliphatic rings. The Kier molecular flexibility index (Phi) is 2.29. The maximum Gasteiger partial charge on any atom is 0.223 e. The van der Waals surface area contributed by atoms with E-state index in [1.807, 2.05) is 0 Å². The lowest BCUT2D eigenvalue weighted by Gasteiger charge is -2.10. The standard InChI is InChI=1S/C9H13N3O/c13-8-5-10-9(11-6-8)12-7-3-1-2-4-7/h5-7,13H,1-4H2,(H,10,11,12). The Bertz CT molecular complexity index is 267. The smallest absolute Gasteiger partial charge is 0.223 e. The minimum Gasteiger partial charge on any atom is -0.505 e. The molecule has 0 saturated heterocycles. The van der Waals surface area contributed by atoms with Crippen molar-refractivity contribution < 1.29 is 5.11 Å². The number of hydrogen-bond donors (Lipinski definition) is 2. The van der Waals surface area contributed by atoms with Crippen molar-refractivity contribution in [2.24, 2.45) is 0 Å². The van der Waals surface area contributed by atoms with E-state index in [1.54, 1.807) is 0 Å². The summed E-state index contributed by atoms with van der Waals surface area (Å²) < 4.78 is 0. The molecule has 1 fully saturated rings. The molecule has 1 heterocycles. The van der Waals surface area contributed by atoms with E-state index < -0.39 is 0 Å². The molecule has 2 rings (SSSR count). The van der Waals surface area contributed by atoms with Crippen LogP contribution in [-0.4, -0.2) is 21.1 Å². The molecule has 0 aliphatic heterocycles. The second-order valence-corrected chi connectivity index (χ2v) is 3.39. The van der Waals surface area contributed by atoms with Gasteiger partial charge in [-0.3, -0.25) is 0 Å². The molecule has 0 amide bonds. The summed E-state index contributed by atoms with van der Waals surface area (Å²) in [5, 5.41) is 12.2. The SMILES string of the molecule is Oc1cnc(NC2CCCC2)nc1. The highest BCUT2D eigenvalue weighted by molar-refractivity contribution is 5.27. The second-order valence-electron chi connectivity index (χ2n) is 3.39. The van der Waals surface area contributed by atoms with Gasteiger partial charge in [-0.1, -0.05) is 12.8 Å². The molecular weight excluding hydrogens is 166 g/mol. The van der Waals surface area contributed by atoms with Crippen molar-refractivity contribution in [3.05, 3.63) is 12.4 Å². The number of anilines is 1. The molecule has 70 valence electrons. The average molecular weight is 179 g/mol. The van der Waals surface area contributed by atoms with Crippen LogP contribution in [0.25, 0.3) is 0 Å². The van der Waals surface area contributed by atoms with Gasteiger partial charge in [0.1, 0.15) is 0 Å².